The summed E-state index contributed by atoms with van der Waals surface area (Å²) in [6.07, 6.45) is 6.71. The number of piperazine rings is 1. The molecule has 0 N–H and O–H groups in total. The molecule has 1 fully saturated rings. The Morgan fingerprint density at radius 1 is 1.05 bits per heavy atom. The second kappa shape index (κ2) is 13.4. The van der Waals surface area contributed by atoms with Gasteiger partial charge >= 0.3 is 0 Å². The van der Waals surface area contributed by atoms with Crippen LogP contribution in [-0.4, -0.2) is 99.7 Å². The van der Waals surface area contributed by atoms with Gasteiger partial charge in [0.1, 0.15) is 12.1 Å². The van der Waals surface area contributed by atoms with E-state index in [0.717, 1.165) is 39.8 Å². The maximum absolute atomic E-state index is 13.4. The quantitative estimate of drug-likeness (QED) is 0.252. The molecule has 226 valence electrons. The van der Waals surface area contributed by atoms with Crippen LogP contribution in [0.15, 0.2) is 54.3 Å². The van der Waals surface area contributed by atoms with E-state index in [2.05, 4.69) is 39.2 Å². The number of rotatable bonds is 10. The summed E-state index contributed by atoms with van der Waals surface area (Å²) in [5, 5.41) is 8.69. The summed E-state index contributed by atoms with van der Waals surface area (Å²) in [6.45, 7) is 10.4. The predicted molar refractivity (Wildman–Crippen MR) is 171 cm³/mol. The zero-order valence-corrected chi connectivity index (χ0v) is 26.3. The van der Waals surface area contributed by atoms with E-state index in [1.54, 1.807) is 34.7 Å². The molecule has 12 heteroatoms. The van der Waals surface area contributed by atoms with Crippen molar-refractivity contribution < 1.29 is 9.59 Å². The first-order chi connectivity index (χ1) is 20.7. The summed E-state index contributed by atoms with van der Waals surface area (Å²) in [6, 6.07) is 7.32. The Morgan fingerprint density at radius 3 is 2.44 bits per heavy atom. The lowest BCUT2D eigenvalue weighted by Crippen LogP contribution is -2.49. The Hall–Kier alpha value is -4.16. The van der Waals surface area contributed by atoms with Crippen molar-refractivity contribution in [3.05, 3.63) is 70.6 Å². The smallest absolute Gasteiger partial charge is 0.253 e. The second-order valence-electron chi connectivity index (χ2n) is 11.2. The predicted octanol–water partition coefficient (Wildman–Crippen LogP) is 3.89. The molecule has 1 aliphatic heterocycles. The zero-order chi connectivity index (χ0) is 30.5. The number of thiazole rings is 1. The van der Waals surface area contributed by atoms with Gasteiger partial charge in [0.05, 0.1) is 28.8 Å². The average molecular weight is 602 g/mol. The first-order valence-corrected chi connectivity index (χ1v) is 15.5. The van der Waals surface area contributed by atoms with Crippen LogP contribution in [0.3, 0.4) is 0 Å². The maximum atomic E-state index is 13.4. The number of anilines is 2. The van der Waals surface area contributed by atoms with E-state index in [1.807, 2.05) is 66.0 Å². The molecule has 0 saturated carbocycles. The first kappa shape index (κ1) is 30.3. The van der Waals surface area contributed by atoms with Gasteiger partial charge in [-0.2, -0.15) is 5.10 Å². The molecule has 43 heavy (non-hydrogen) atoms. The van der Waals surface area contributed by atoms with E-state index >= 15 is 0 Å². The second-order valence-corrected chi connectivity index (χ2v) is 12.1. The maximum Gasteiger partial charge on any atom is 0.253 e. The number of carbonyl (C=O) groups excluding carboxylic acids is 2. The molecule has 3 aromatic heterocycles. The summed E-state index contributed by atoms with van der Waals surface area (Å²) in [5.41, 5.74) is 3.13. The van der Waals surface area contributed by atoms with Crippen molar-refractivity contribution in [2.45, 2.75) is 33.2 Å². The lowest BCUT2D eigenvalue weighted by molar-refractivity contribution is -0.114. The standard InChI is InChI=1S/C31H39N9O2S/c1-6-7-27(41)39(17-12-36(4)5)25-10-8-23(9-11-25)31(42)38-15-13-37(14-16-38)28-26-18-34-40(29(26)33-21-32-28)19-24-20-43-30(35-24)22(2)3/h6-11,18,20-22H,12-17,19H2,1-5H3/b7-6+. The SMILES string of the molecule is C/C=C/C(=O)N(CCN(C)C)c1ccc(C(=O)N2CCN(c3ncnc4c3cnn4Cc3csc(C(C)C)n3)CC2)cc1. The third kappa shape index (κ3) is 6.91. The van der Waals surface area contributed by atoms with Gasteiger partial charge in [-0.05, 0) is 51.4 Å². The Labute approximate surface area is 256 Å². The number of aromatic nitrogens is 5. The van der Waals surface area contributed by atoms with Crippen LogP contribution in [0.2, 0.25) is 0 Å². The van der Waals surface area contributed by atoms with Gasteiger partial charge in [0.15, 0.2) is 5.65 Å². The molecule has 11 nitrogen and oxygen atoms in total. The normalized spacial score (nSPS) is 14.0. The van der Waals surface area contributed by atoms with Crippen LogP contribution in [0, 0.1) is 0 Å². The van der Waals surface area contributed by atoms with E-state index < -0.39 is 0 Å². The number of nitrogens with zero attached hydrogens (tertiary/aromatic N) is 9. The highest BCUT2D eigenvalue weighted by Gasteiger charge is 2.25. The van der Waals surface area contributed by atoms with Crippen molar-refractivity contribution in [2.24, 2.45) is 0 Å². The van der Waals surface area contributed by atoms with Crippen LogP contribution in [0.4, 0.5) is 11.5 Å². The van der Waals surface area contributed by atoms with Gasteiger partial charge in [0, 0.05) is 61.8 Å². The fraction of sp³-hybridized carbons (Fsp3) is 0.419. The Kier molecular flexibility index (Phi) is 9.46. The summed E-state index contributed by atoms with van der Waals surface area (Å²) in [7, 11) is 3.96. The molecule has 0 unspecified atom stereocenters. The number of amides is 2. The van der Waals surface area contributed by atoms with Crippen molar-refractivity contribution in [1.29, 1.82) is 0 Å². The Bertz CT molecular complexity index is 1580. The van der Waals surface area contributed by atoms with Crippen LogP contribution in [-0.2, 0) is 11.3 Å². The van der Waals surface area contributed by atoms with Gasteiger partial charge in [-0.1, -0.05) is 19.9 Å². The largest absolute Gasteiger partial charge is 0.352 e. The van der Waals surface area contributed by atoms with E-state index in [0.29, 0.717) is 50.7 Å². The lowest BCUT2D eigenvalue weighted by Gasteiger charge is -2.35. The third-order valence-corrected chi connectivity index (χ3v) is 8.62. The highest BCUT2D eigenvalue weighted by Crippen LogP contribution is 2.26. The highest BCUT2D eigenvalue weighted by atomic mass is 32.1. The number of hydrogen-bond donors (Lipinski definition) is 0. The molecule has 0 spiro atoms. The number of allylic oxidation sites excluding steroid dienone is 1. The molecule has 5 rings (SSSR count). The lowest BCUT2D eigenvalue weighted by atomic mass is 10.1. The zero-order valence-electron chi connectivity index (χ0n) is 25.5. The molecule has 0 atom stereocenters. The summed E-state index contributed by atoms with van der Waals surface area (Å²) in [4.78, 5) is 47.7. The first-order valence-electron chi connectivity index (χ1n) is 14.6. The van der Waals surface area contributed by atoms with Gasteiger partial charge in [-0.3, -0.25) is 9.59 Å². The highest BCUT2D eigenvalue weighted by molar-refractivity contribution is 7.09. The van der Waals surface area contributed by atoms with Crippen molar-refractivity contribution in [2.75, 3.05) is 63.2 Å². The van der Waals surface area contributed by atoms with E-state index in [4.69, 9.17) is 4.98 Å². The minimum Gasteiger partial charge on any atom is -0.352 e. The van der Waals surface area contributed by atoms with E-state index in [1.165, 1.54) is 0 Å². The van der Waals surface area contributed by atoms with Gasteiger partial charge in [0.25, 0.3) is 11.8 Å². The van der Waals surface area contributed by atoms with E-state index in [9.17, 15) is 9.59 Å². The average Bonchev–Trinajstić information content (AvgIpc) is 3.65. The number of benzene rings is 1. The topological polar surface area (TPSA) is 104 Å². The van der Waals surface area contributed by atoms with Crippen LogP contribution in [0.1, 0.15) is 47.7 Å². The minimum atomic E-state index is -0.0766. The molecule has 0 radical (unpaired) electrons. The molecular formula is C31H39N9O2S. The van der Waals surface area contributed by atoms with Crippen molar-refractivity contribution in [1.82, 2.24) is 34.5 Å². The van der Waals surface area contributed by atoms with Crippen molar-refractivity contribution >= 4 is 45.7 Å². The van der Waals surface area contributed by atoms with Gasteiger partial charge in [0.2, 0.25) is 0 Å². The molecule has 4 heterocycles. The van der Waals surface area contributed by atoms with Gasteiger partial charge in [-0.15, -0.1) is 11.3 Å². The Balaban J connectivity index is 1.23. The third-order valence-electron chi connectivity index (χ3n) is 7.43. The molecule has 0 bridgehead atoms. The van der Waals surface area contributed by atoms with E-state index in [-0.39, 0.29) is 11.8 Å². The molecule has 2 amide bonds. The molecular weight excluding hydrogens is 562 g/mol. The molecule has 4 aromatic rings. The molecule has 1 aromatic carbocycles. The Morgan fingerprint density at radius 2 is 1.79 bits per heavy atom. The van der Waals surface area contributed by atoms with Crippen LogP contribution in [0.5, 0.6) is 0 Å². The van der Waals surface area contributed by atoms with Crippen molar-refractivity contribution in [3.8, 4) is 0 Å². The molecule has 1 saturated heterocycles. The number of carbonyl (C=O) groups is 2. The summed E-state index contributed by atoms with van der Waals surface area (Å²) >= 11 is 1.67. The minimum absolute atomic E-state index is 0.0181. The summed E-state index contributed by atoms with van der Waals surface area (Å²) in [5.74, 6) is 1.13. The number of likely N-dealkylation sites (N-methyl/N-ethyl adjacent to an activating group) is 1. The van der Waals surface area contributed by atoms with Gasteiger partial charge < -0.3 is 19.6 Å². The number of fused-ring (bicyclic) bond motifs is 1. The summed E-state index contributed by atoms with van der Waals surface area (Å²) < 4.78 is 1.87. The molecule has 0 aliphatic carbocycles. The monoisotopic (exact) mass is 601 g/mol. The fourth-order valence-electron chi connectivity index (χ4n) is 5.05. The van der Waals surface area contributed by atoms with Crippen LogP contribution < -0.4 is 9.80 Å². The number of hydrogen-bond acceptors (Lipinski definition) is 9. The fourth-order valence-corrected chi connectivity index (χ4v) is 5.88. The van der Waals surface area contributed by atoms with Crippen LogP contribution >= 0.6 is 11.3 Å². The van der Waals surface area contributed by atoms with Gasteiger partial charge in [-0.25, -0.2) is 19.6 Å². The van der Waals surface area contributed by atoms with Crippen LogP contribution in [0.25, 0.3) is 11.0 Å². The van der Waals surface area contributed by atoms with Crippen molar-refractivity contribution in [3.63, 3.8) is 0 Å². The molecule has 1 aliphatic rings.